The van der Waals surface area contributed by atoms with E-state index in [-0.39, 0.29) is 18.3 Å². The van der Waals surface area contributed by atoms with Crippen molar-refractivity contribution in [1.29, 1.82) is 0 Å². The van der Waals surface area contributed by atoms with Crippen LogP contribution in [0.4, 0.5) is 0 Å². The van der Waals surface area contributed by atoms with E-state index in [0.29, 0.717) is 36.2 Å². The second kappa shape index (κ2) is 9.74. The minimum absolute atomic E-state index is 0. The van der Waals surface area contributed by atoms with Crippen molar-refractivity contribution in [2.24, 2.45) is 23.7 Å². The molecule has 0 radical (unpaired) electrons. The van der Waals surface area contributed by atoms with Crippen molar-refractivity contribution in [2.75, 3.05) is 26.2 Å². The van der Waals surface area contributed by atoms with Crippen LogP contribution < -0.4 is 10.6 Å². The predicted octanol–water partition coefficient (Wildman–Crippen LogP) is 2.61. The number of ether oxygens (including phenoxy) is 1. The summed E-state index contributed by atoms with van der Waals surface area (Å²) in [5, 5.41) is 6.53. The quantitative estimate of drug-likeness (QED) is 0.786. The molecule has 2 saturated heterocycles. The lowest BCUT2D eigenvalue weighted by Gasteiger charge is -2.28. The fourth-order valence-electron chi connectivity index (χ4n) is 3.80. The van der Waals surface area contributed by atoms with Gasteiger partial charge in [0.05, 0.1) is 6.10 Å². The van der Waals surface area contributed by atoms with E-state index in [0.717, 1.165) is 32.7 Å². The summed E-state index contributed by atoms with van der Waals surface area (Å²) in [7, 11) is 0. The molecule has 1 amide bonds. The molecule has 0 aromatic rings. The van der Waals surface area contributed by atoms with Gasteiger partial charge in [-0.1, -0.05) is 20.8 Å². The number of rotatable bonds is 6. The summed E-state index contributed by atoms with van der Waals surface area (Å²) in [6, 6.07) is 0. The first-order valence-corrected chi connectivity index (χ1v) is 8.67. The van der Waals surface area contributed by atoms with E-state index in [1.54, 1.807) is 0 Å². The van der Waals surface area contributed by atoms with Gasteiger partial charge in [-0.05, 0) is 50.1 Å². The Morgan fingerprint density at radius 2 is 1.91 bits per heavy atom. The summed E-state index contributed by atoms with van der Waals surface area (Å²) >= 11 is 0. The Labute approximate surface area is 141 Å². The first-order chi connectivity index (χ1) is 10.1. The summed E-state index contributed by atoms with van der Waals surface area (Å²) in [4.78, 5) is 12.2. The van der Waals surface area contributed by atoms with Crippen LogP contribution in [0.3, 0.4) is 0 Å². The highest BCUT2D eigenvalue weighted by atomic mass is 35.5. The van der Waals surface area contributed by atoms with Gasteiger partial charge in [-0.15, -0.1) is 12.4 Å². The van der Waals surface area contributed by atoms with Crippen LogP contribution in [0.5, 0.6) is 0 Å². The third kappa shape index (κ3) is 5.71. The highest BCUT2D eigenvalue weighted by molar-refractivity contribution is 5.85. The van der Waals surface area contributed by atoms with E-state index in [1.807, 2.05) is 0 Å². The monoisotopic (exact) mass is 332 g/mol. The maximum absolute atomic E-state index is 12.2. The van der Waals surface area contributed by atoms with Crippen LogP contribution in [0.15, 0.2) is 0 Å². The predicted molar refractivity (Wildman–Crippen MR) is 92.3 cm³/mol. The molecule has 0 saturated carbocycles. The Bertz CT molecular complexity index is 333. The maximum Gasteiger partial charge on any atom is 0.220 e. The third-order valence-corrected chi connectivity index (χ3v) is 5.18. The van der Waals surface area contributed by atoms with Crippen LogP contribution in [0.1, 0.15) is 46.5 Å². The maximum atomic E-state index is 12.2. The smallest absolute Gasteiger partial charge is 0.220 e. The molecular formula is C17H33ClN2O2. The zero-order chi connectivity index (χ0) is 15.2. The van der Waals surface area contributed by atoms with Gasteiger partial charge in [0.2, 0.25) is 5.91 Å². The number of amides is 1. The molecule has 130 valence electrons. The molecule has 0 aromatic heterocycles. The molecule has 2 aliphatic rings. The summed E-state index contributed by atoms with van der Waals surface area (Å²) in [5.74, 6) is 2.43. The van der Waals surface area contributed by atoms with E-state index in [4.69, 9.17) is 4.74 Å². The fraction of sp³-hybridized carbons (Fsp3) is 0.941. The number of hydrogen-bond acceptors (Lipinski definition) is 3. The van der Waals surface area contributed by atoms with E-state index >= 15 is 0 Å². The normalized spacial score (nSPS) is 27.5. The molecule has 2 heterocycles. The molecule has 5 heteroatoms. The van der Waals surface area contributed by atoms with Gasteiger partial charge >= 0.3 is 0 Å². The van der Waals surface area contributed by atoms with Gasteiger partial charge in [0, 0.05) is 25.5 Å². The summed E-state index contributed by atoms with van der Waals surface area (Å²) in [6.45, 7) is 10.5. The average Bonchev–Trinajstić information content (AvgIpc) is 2.94. The molecule has 22 heavy (non-hydrogen) atoms. The number of piperidine rings is 1. The van der Waals surface area contributed by atoms with Gasteiger partial charge < -0.3 is 15.4 Å². The molecule has 3 unspecified atom stereocenters. The fourth-order valence-corrected chi connectivity index (χ4v) is 3.80. The summed E-state index contributed by atoms with van der Waals surface area (Å²) in [5.41, 5.74) is 0. The number of nitrogens with one attached hydrogen (secondary N) is 2. The second-order valence-electron chi connectivity index (χ2n) is 7.20. The van der Waals surface area contributed by atoms with E-state index < -0.39 is 0 Å². The molecule has 0 aromatic carbocycles. The Morgan fingerprint density at radius 1 is 1.23 bits per heavy atom. The van der Waals surface area contributed by atoms with Crippen LogP contribution in [0, 0.1) is 23.7 Å². The van der Waals surface area contributed by atoms with Crippen molar-refractivity contribution in [1.82, 2.24) is 10.6 Å². The highest BCUT2D eigenvalue weighted by Crippen LogP contribution is 2.27. The van der Waals surface area contributed by atoms with Gasteiger partial charge in [0.1, 0.15) is 0 Å². The first-order valence-electron chi connectivity index (χ1n) is 8.67. The molecule has 2 fully saturated rings. The molecule has 0 bridgehead atoms. The molecule has 2 aliphatic heterocycles. The molecule has 2 N–H and O–H groups in total. The van der Waals surface area contributed by atoms with E-state index in [2.05, 4.69) is 31.4 Å². The largest absolute Gasteiger partial charge is 0.378 e. The lowest BCUT2D eigenvalue weighted by Crippen LogP contribution is -2.37. The number of halogens is 1. The van der Waals surface area contributed by atoms with Gasteiger partial charge in [-0.2, -0.15) is 0 Å². The van der Waals surface area contributed by atoms with Crippen LogP contribution in [0.25, 0.3) is 0 Å². The van der Waals surface area contributed by atoms with Crippen molar-refractivity contribution >= 4 is 18.3 Å². The molecule has 3 atom stereocenters. The summed E-state index contributed by atoms with van der Waals surface area (Å²) < 4.78 is 5.78. The lowest BCUT2D eigenvalue weighted by atomic mass is 9.84. The topological polar surface area (TPSA) is 50.4 Å². The van der Waals surface area contributed by atoms with Crippen LogP contribution in [0.2, 0.25) is 0 Å². The minimum Gasteiger partial charge on any atom is -0.378 e. The van der Waals surface area contributed by atoms with Crippen molar-refractivity contribution in [3.63, 3.8) is 0 Å². The Hall–Kier alpha value is -0.320. The van der Waals surface area contributed by atoms with Crippen molar-refractivity contribution in [3.8, 4) is 0 Å². The van der Waals surface area contributed by atoms with Gasteiger partial charge in [-0.3, -0.25) is 4.79 Å². The third-order valence-electron chi connectivity index (χ3n) is 5.18. The highest BCUT2D eigenvalue weighted by Gasteiger charge is 2.31. The zero-order valence-corrected chi connectivity index (χ0v) is 15.1. The molecular weight excluding hydrogens is 300 g/mol. The Kier molecular flexibility index (Phi) is 8.73. The average molecular weight is 333 g/mol. The molecule has 0 aliphatic carbocycles. The Balaban J connectivity index is 0.00000242. The Morgan fingerprint density at radius 3 is 2.55 bits per heavy atom. The van der Waals surface area contributed by atoms with E-state index in [1.165, 1.54) is 12.8 Å². The second-order valence-corrected chi connectivity index (χ2v) is 7.20. The van der Waals surface area contributed by atoms with Gasteiger partial charge in [-0.25, -0.2) is 0 Å². The van der Waals surface area contributed by atoms with Crippen molar-refractivity contribution < 1.29 is 9.53 Å². The molecule has 0 spiro atoms. The summed E-state index contributed by atoms with van der Waals surface area (Å²) in [6.07, 6.45) is 4.48. The molecule has 2 rings (SSSR count). The number of carbonyl (C=O) groups is 1. The zero-order valence-electron chi connectivity index (χ0n) is 14.3. The minimum atomic E-state index is 0. The van der Waals surface area contributed by atoms with Gasteiger partial charge in [0.25, 0.3) is 0 Å². The molecule has 4 nitrogen and oxygen atoms in total. The van der Waals surface area contributed by atoms with Gasteiger partial charge in [0.15, 0.2) is 0 Å². The van der Waals surface area contributed by atoms with E-state index in [9.17, 15) is 4.79 Å². The number of hydrogen-bond donors (Lipinski definition) is 2. The van der Waals surface area contributed by atoms with Crippen LogP contribution in [-0.2, 0) is 9.53 Å². The van der Waals surface area contributed by atoms with Crippen LogP contribution in [-0.4, -0.2) is 38.3 Å². The van der Waals surface area contributed by atoms with Crippen LogP contribution >= 0.6 is 12.4 Å². The number of carbonyl (C=O) groups excluding carboxylic acids is 1. The lowest BCUT2D eigenvalue weighted by molar-refractivity contribution is -0.122. The van der Waals surface area contributed by atoms with Crippen molar-refractivity contribution in [2.45, 2.75) is 52.6 Å². The first kappa shape index (κ1) is 19.7. The standard InChI is InChI=1S/C17H32N2O2.ClH/c1-12(2)17-15(6-9-21-17)11-19-16(20)10-13(3)14-4-7-18-8-5-14;/h12-15,17-18H,4-11H2,1-3H3,(H,19,20);1H. The van der Waals surface area contributed by atoms with Crippen molar-refractivity contribution in [3.05, 3.63) is 0 Å². The SMILES string of the molecule is CC(C)C1OCCC1CNC(=O)CC(C)C1CCNCC1.Cl.